The molecule has 140 valence electrons. The minimum Gasteiger partial charge on any atom is -0.395 e. The van der Waals surface area contributed by atoms with E-state index in [1.807, 2.05) is 12.1 Å². The van der Waals surface area contributed by atoms with Crippen molar-refractivity contribution in [3.05, 3.63) is 52.5 Å². The summed E-state index contributed by atoms with van der Waals surface area (Å²) < 4.78 is 0. The van der Waals surface area contributed by atoms with Crippen LogP contribution in [0.3, 0.4) is 0 Å². The number of amides is 1. The van der Waals surface area contributed by atoms with E-state index in [2.05, 4.69) is 27.0 Å². The minimum atomic E-state index is -0.556. The maximum atomic E-state index is 11.7. The summed E-state index contributed by atoms with van der Waals surface area (Å²) in [7, 11) is 0. The number of aliphatic hydroxyl groups is 1. The van der Waals surface area contributed by atoms with Crippen molar-refractivity contribution < 1.29 is 9.90 Å². The van der Waals surface area contributed by atoms with E-state index in [1.54, 1.807) is 6.07 Å². The molecule has 6 nitrogen and oxygen atoms in total. The molecular formula is C20H21ClN4O2. The highest BCUT2D eigenvalue weighted by atomic mass is 35.5. The van der Waals surface area contributed by atoms with Gasteiger partial charge in [0.25, 0.3) is 5.91 Å². The normalized spacial score (nSPS) is 17.6. The quantitative estimate of drug-likeness (QED) is 0.630. The average molecular weight is 385 g/mol. The molecule has 1 aliphatic heterocycles. The molecule has 2 heterocycles. The van der Waals surface area contributed by atoms with Crippen LogP contribution in [-0.4, -0.2) is 45.1 Å². The average Bonchev–Trinajstić information content (AvgIpc) is 3.27. The molecule has 1 aliphatic rings. The summed E-state index contributed by atoms with van der Waals surface area (Å²) in [5.41, 5.74) is 9.06. The molecule has 0 saturated carbocycles. The third kappa shape index (κ3) is 3.56. The van der Waals surface area contributed by atoms with Crippen LogP contribution in [0.25, 0.3) is 22.4 Å². The first-order valence-electron chi connectivity index (χ1n) is 8.98. The van der Waals surface area contributed by atoms with E-state index in [-0.39, 0.29) is 12.6 Å². The van der Waals surface area contributed by atoms with E-state index in [1.165, 1.54) is 11.6 Å². The Morgan fingerprint density at radius 2 is 2.11 bits per heavy atom. The summed E-state index contributed by atoms with van der Waals surface area (Å²) in [6, 6.07) is 11.7. The zero-order valence-electron chi connectivity index (χ0n) is 14.8. The Morgan fingerprint density at radius 3 is 2.81 bits per heavy atom. The summed E-state index contributed by atoms with van der Waals surface area (Å²) in [5.74, 6) is 0.107. The fourth-order valence-electron chi connectivity index (χ4n) is 3.72. The lowest BCUT2D eigenvalue weighted by atomic mass is 10.1. The second kappa shape index (κ2) is 7.31. The van der Waals surface area contributed by atoms with E-state index in [0.717, 1.165) is 31.5 Å². The van der Waals surface area contributed by atoms with Crippen molar-refractivity contribution in [2.45, 2.75) is 25.4 Å². The van der Waals surface area contributed by atoms with Gasteiger partial charge in [0.05, 0.1) is 17.7 Å². The molecule has 27 heavy (non-hydrogen) atoms. The van der Waals surface area contributed by atoms with E-state index >= 15 is 0 Å². The van der Waals surface area contributed by atoms with Gasteiger partial charge >= 0.3 is 0 Å². The Balaban J connectivity index is 1.60. The number of aromatic nitrogens is 2. The molecule has 2 aromatic carbocycles. The van der Waals surface area contributed by atoms with E-state index in [4.69, 9.17) is 17.3 Å². The minimum absolute atomic E-state index is 0.210. The molecule has 7 heteroatoms. The van der Waals surface area contributed by atoms with E-state index in [0.29, 0.717) is 27.4 Å². The van der Waals surface area contributed by atoms with Gasteiger partial charge in [-0.25, -0.2) is 4.98 Å². The van der Waals surface area contributed by atoms with Crippen LogP contribution in [0.1, 0.15) is 28.8 Å². The molecule has 0 bridgehead atoms. The highest BCUT2D eigenvalue weighted by Gasteiger charge is 2.23. The Kier molecular flexibility index (Phi) is 4.86. The number of primary amides is 1. The van der Waals surface area contributed by atoms with Crippen molar-refractivity contribution in [3.63, 3.8) is 0 Å². The highest BCUT2D eigenvalue weighted by molar-refractivity contribution is 6.32. The fourth-order valence-corrected chi connectivity index (χ4v) is 3.94. The molecule has 3 aromatic rings. The van der Waals surface area contributed by atoms with Gasteiger partial charge in [-0.1, -0.05) is 35.9 Å². The van der Waals surface area contributed by atoms with Crippen LogP contribution in [0.5, 0.6) is 0 Å². The number of imidazole rings is 1. The van der Waals surface area contributed by atoms with E-state index < -0.39 is 5.91 Å². The number of nitrogens with one attached hydrogen (secondary N) is 1. The van der Waals surface area contributed by atoms with Crippen molar-refractivity contribution in [2.24, 2.45) is 5.73 Å². The van der Waals surface area contributed by atoms with E-state index in [9.17, 15) is 9.90 Å². The summed E-state index contributed by atoms with van der Waals surface area (Å²) in [4.78, 5) is 21.7. The number of likely N-dealkylation sites (tertiary alicyclic amines) is 1. The van der Waals surface area contributed by atoms with Gasteiger partial charge in [-0.05, 0) is 37.1 Å². The molecule has 1 aromatic heterocycles. The van der Waals surface area contributed by atoms with Crippen molar-refractivity contribution >= 4 is 28.5 Å². The number of hydrogen-bond acceptors (Lipinski definition) is 4. The number of fused-ring (bicyclic) bond motifs is 1. The number of rotatable bonds is 5. The number of aliphatic hydroxyl groups excluding tert-OH is 1. The van der Waals surface area contributed by atoms with Crippen molar-refractivity contribution in [1.82, 2.24) is 14.9 Å². The number of nitrogens with zero attached hydrogens (tertiary/aromatic N) is 2. The maximum Gasteiger partial charge on any atom is 0.251 e. The van der Waals surface area contributed by atoms with Gasteiger partial charge in [0.1, 0.15) is 11.3 Å². The fraction of sp³-hybridized carbons (Fsp3) is 0.300. The van der Waals surface area contributed by atoms with Gasteiger partial charge < -0.3 is 15.8 Å². The highest BCUT2D eigenvalue weighted by Crippen LogP contribution is 2.27. The van der Waals surface area contributed by atoms with Crippen molar-refractivity contribution in [3.8, 4) is 11.4 Å². The zero-order chi connectivity index (χ0) is 19.0. The van der Waals surface area contributed by atoms with Crippen LogP contribution in [0, 0.1) is 0 Å². The van der Waals surface area contributed by atoms with Crippen LogP contribution in [0.15, 0.2) is 36.4 Å². The number of aromatic amines is 1. The van der Waals surface area contributed by atoms with Crippen molar-refractivity contribution in [2.75, 3.05) is 13.2 Å². The van der Waals surface area contributed by atoms with Crippen LogP contribution < -0.4 is 5.73 Å². The molecule has 0 unspecified atom stereocenters. The van der Waals surface area contributed by atoms with Gasteiger partial charge in [-0.15, -0.1) is 0 Å². The first-order chi connectivity index (χ1) is 13.0. The van der Waals surface area contributed by atoms with Crippen LogP contribution >= 0.6 is 11.6 Å². The van der Waals surface area contributed by atoms with Gasteiger partial charge in [-0.3, -0.25) is 9.69 Å². The van der Waals surface area contributed by atoms with Crippen molar-refractivity contribution in [1.29, 1.82) is 0 Å². The second-order valence-corrected chi connectivity index (χ2v) is 7.38. The lowest BCUT2D eigenvalue weighted by Gasteiger charge is -2.22. The number of carbonyl (C=O) groups is 1. The standard InChI is InChI=1S/C20H21ClN4O2/c21-14-8-16(19(22)27)18-17(9-14)23-20(24-18)13-5-3-12(4-6-13)10-25-7-1-2-15(25)11-26/h3-6,8-9,15,26H,1-2,7,10-11H2,(H2,22,27)(H,23,24)/t15-/m1/s1. The molecule has 0 spiro atoms. The molecule has 1 atom stereocenters. The molecule has 4 rings (SSSR count). The summed E-state index contributed by atoms with van der Waals surface area (Å²) in [6.45, 7) is 2.06. The van der Waals surface area contributed by atoms with Crippen LogP contribution in [-0.2, 0) is 6.54 Å². The number of benzene rings is 2. The molecule has 0 aliphatic carbocycles. The largest absolute Gasteiger partial charge is 0.395 e. The number of nitrogens with two attached hydrogens (primary N) is 1. The third-order valence-corrected chi connectivity index (χ3v) is 5.36. The van der Waals surface area contributed by atoms with Gasteiger partial charge in [-0.2, -0.15) is 0 Å². The maximum absolute atomic E-state index is 11.7. The lowest BCUT2D eigenvalue weighted by Crippen LogP contribution is -2.31. The predicted molar refractivity (Wildman–Crippen MR) is 106 cm³/mol. The van der Waals surface area contributed by atoms with Gasteiger partial charge in [0.15, 0.2) is 0 Å². The molecule has 1 fully saturated rings. The Bertz CT molecular complexity index is 984. The number of H-pyrrole nitrogens is 1. The number of halogens is 1. The summed E-state index contributed by atoms with van der Waals surface area (Å²) >= 11 is 6.07. The zero-order valence-corrected chi connectivity index (χ0v) is 15.5. The molecule has 1 amide bonds. The Morgan fingerprint density at radius 1 is 1.33 bits per heavy atom. The van der Waals surface area contributed by atoms with Crippen LogP contribution in [0.2, 0.25) is 5.02 Å². The monoisotopic (exact) mass is 384 g/mol. The number of carbonyl (C=O) groups excluding carboxylic acids is 1. The Labute approximate surface area is 162 Å². The molecule has 0 radical (unpaired) electrons. The first-order valence-corrected chi connectivity index (χ1v) is 9.36. The first kappa shape index (κ1) is 18.0. The van der Waals surface area contributed by atoms with Gasteiger partial charge in [0, 0.05) is 23.2 Å². The molecular weight excluding hydrogens is 364 g/mol. The number of hydrogen-bond donors (Lipinski definition) is 3. The predicted octanol–water partition coefficient (Wildman–Crippen LogP) is 2.94. The Hall–Kier alpha value is -2.41. The molecule has 4 N–H and O–H groups in total. The van der Waals surface area contributed by atoms with Crippen LogP contribution in [0.4, 0.5) is 0 Å². The smallest absolute Gasteiger partial charge is 0.251 e. The lowest BCUT2D eigenvalue weighted by molar-refractivity contribution is 0.100. The molecule has 1 saturated heterocycles. The second-order valence-electron chi connectivity index (χ2n) is 6.95. The topological polar surface area (TPSA) is 95.2 Å². The SMILES string of the molecule is NC(=O)c1cc(Cl)cc2[nH]c(-c3ccc(CN4CCC[C@@H]4CO)cc3)nc12. The van der Waals surface area contributed by atoms with Gasteiger partial charge in [0.2, 0.25) is 0 Å². The summed E-state index contributed by atoms with van der Waals surface area (Å²) in [6.07, 6.45) is 2.19. The summed E-state index contributed by atoms with van der Waals surface area (Å²) in [5, 5.41) is 9.90. The third-order valence-electron chi connectivity index (χ3n) is 5.14.